The SMILES string of the molecule is CNCC(CC1(I)CCCCC1)NC(=O)N(C)CC[C@]1(CCCCOC)NC(=O)c2ccc(Cl)cc21. The number of carbonyl (C=O) groups is 2. The first kappa shape index (κ1) is 29.5. The van der Waals surface area contributed by atoms with Crippen molar-refractivity contribution in [1.82, 2.24) is 20.9 Å². The Kier molecular flexibility index (Phi) is 11.1. The van der Waals surface area contributed by atoms with Gasteiger partial charge in [0.2, 0.25) is 0 Å². The van der Waals surface area contributed by atoms with Gasteiger partial charge >= 0.3 is 6.03 Å². The van der Waals surface area contributed by atoms with Crippen LogP contribution < -0.4 is 16.0 Å². The molecule has 3 rings (SSSR count). The summed E-state index contributed by atoms with van der Waals surface area (Å²) in [5.41, 5.74) is 1.06. The molecule has 1 aromatic rings. The predicted molar refractivity (Wildman–Crippen MR) is 154 cm³/mol. The molecule has 1 aliphatic heterocycles. The second-order valence-electron chi connectivity index (χ2n) is 10.5. The Morgan fingerprint density at radius 1 is 1.25 bits per heavy atom. The first-order chi connectivity index (χ1) is 17.2. The third kappa shape index (κ3) is 7.71. The number of hydrogen-bond acceptors (Lipinski definition) is 4. The maximum Gasteiger partial charge on any atom is 0.317 e. The van der Waals surface area contributed by atoms with Crippen LogP contribution in [-0.4, -0.2) is 67.2 Å². The zero-order chi connectivity index (χ0) is 26.2. The number of amides is 3. The summed E-state index contributed by atoms with van der Waals surface area (Å²) in [7, 11) is 5.47. The predicted octanol–water partition coefficient (Wildman–Crippen LogP) is 5.24. The maximum atomic E-state index is 13.2. The Bertz CT molecular complexity index is 896. The van der Waals surface area contributed by atoms with Crippen molar-refractivity contribution in [3.63, 3.8) is 0 Å². The number of methoxy groups -OCH3 is 1. The second kappa shape index (κ2) is 13.6. The van der Waals surface area contributed by atoms with Gasteiger partial charge < -0.3 is 25.6 Å². The van der Waals surface area contributed by atoms with Crippen LogP contribution in [0.15, 0.2) is 18.2 Å². The summed E-state index contributed by atoms with van der Waals surface area (Å²) in [5.74, 6) is -0.0746. The molecule has 0 radical (unpaired) electrons. The fraction of sp³-hybridized carbons (Fsp3) is 0.704. The van der Waals surface area contributed by atoms with Gasteiger partial charge in [-0.2, -0.15) is 0 Å². The van der Waals surface area contributed by atoms with Crippen molar-refractivity contribution in [1.29, 1.82) is 0 Å². The molecule has 36 heavy (non-hydrogen) atoms. The number of nitrogens with one attached hydrogen (secondary N) is 3. The second-order valence-corrected chi connectivity index (χ2v) is 13.2. The summed E-state index contributed by atoms with van der Waals surface area (Å²) in [6, 6.07) is 5.46. The van der Waals surface area contributed by atoms with Crippen molar-refractivity contribution in [2.24, 2.45) is 0 Å². The number of benzene rings is 1. The van der Waals surface area contributed by atoms with E-state index in [0.717, 1.165) is 37.8 Å². The molecule has 2 atom stereocenters. The zero-order valence-electron chi connectivity index (χ0n) is 21.9. The minimum atomic E-state index is -0.543. The molecule has 1 heterocycles. The molecule has 0 saturated heterocycles. The Hall–Kier alpha value is -1.10. The molecule has 202 valence electrons. The standard InChI is InChI=1S/C27H42ClIN4O3/c1-30-19-21(18-26(29)11-5-4-6-12-26)31-25(35)33(2)15-14-27(13-7-8-16-36-3)23-17-20(28)9-10-22(23)24(34)32-27/h9-10,17,21,30H,4-8,11-16,18-19H2,1-3H3,(H,31,35)(H,32,34)/t21?,27-/m0/s1. The molecular formula is C27H42ClIN4O3. The topological polar surface area (TPSA) is 82.7 Å². The third-order valence-electron chi connectivity index (χ3n) is 7.66. The summed E-state index contributed by atoms with van der Waals surface area (Å²) < 4.78 is 5.48. The smallest absolute Gasteiger partial charge is 0.317 e. The van der Waals surface area contributed by atoms with Crippen molar-refractivity contribution in [3.8, 4) is 0 Å². The van der Waals surface area contributed by atoms with E-state index in [1.54, 1.807) is 24.1 Å². The van der Waals surface area contributed by atoms with Crippen LogP contribution in [0.3, 0.4) is 0 Å². The molecular weight excluding hydrogens is 591 g/mol. The fourth-order valence-corrected chi connectivity index (χ4v) is 7.12. The van der Waals surface area contributed by atoms with Crippen LogP contribution in [-0.2, 0) is 10.3 Å². The van der Waals surface area contributed by atoms with Gasteiger partial charge in [-0.15, -0.1) is 0 Å². The van der Waals surface area contributed by atoms with E-state index in [0.29, 0.717) is 30.2 Å². The molecule has 0 aromatic heterocycles. The summed E-state index contributed by atoms with van der Waals surface area (Å²) >= 11 is 8.96. The van der Waals surface area contributed by atoms with E-state index >= 15 is 0 Å². The van der Waals surface area contributed by atoms with Crippen LogP contribution in [0.5, 0.6) is 0 Å². The van der Waals surface area contributed by atoms with E-state index in [4.69, 9.17) is 16.3 Å². The normalized spacial score (nSPS) is 21.5. The molecule has 1 unspecified atom stereocenters. The van der Waals surface area contributed by atoms with E-state index < -0.39 is 5.54 Å². The molecule has 1 fully saturated rings. The first-order valence-corrected chi connectivity index (χ1v) is 14.6. The van der Waals surface area contributed by atoms with E-state index in [9.17, 15) is 9.59 Å². The molecule has 3 amide bonds. The van der Waals surface area contributed by atoms with E-state index in [1.165, 1.54) is 32.1 Å². The number of ether oxygens (including phenoxy) is 1. The summed E-state index contributed by atoms with van der Waals surface area (Å²) in [5, 5.41) is 10.4. The van der Waals surface area contributed by atoms with Crippen LogP contribution in [0, 0.1) is 0 Å². The zero-order valence-corrected chi connectivity index (χ0v) is 24.8. The van der Waals surface area contributed by atoms with Crippen LogP contribution in [0.4, 0.5) is 4.79 Å². The number of alkyl halides is 1. The van der Waals surface area contributed by atoms with Crippen molar-refractivity contribution in [2.75, 3.05) is 40.9 Å². The minimum Gasteiger partial charge on any atom is -0.385 e. The van der Waals surface area contributed by atoms with Crippen LogP contribution in [0.2, 0.25) is 5.02 Å². The van der Waals surface area contributed by atoms with Crippen LogP contribution in [0.25, 0.3) is 0 Å². The van der Waals surface area contributed by atoms with Gasteiger partial charge in [-0.3, -0.25) is 4.79 Å². The molecule has 1 aliphatic carbocycles. The van der Waals surface area contributed by atoms with E-state index in [1.807, 2.05) is 20.2 Å². The Morgan fingerprint density at radius 3 is 2.69 bits per heavy atom. The lowest BCUT2D eigenvalue weighted by Crippen LogP contribution is -2.50. The van der Waals surface area contributed by atoms with Gasteiger partial charge in [0.05, 0.1) is 5.54 Å². The number of likely N-dealkylation sites (N-methyl/N-ethyl adjacent to an activating group) is 1. The Morgan fingerprint density at radius 2 is 2.00 bits per heavy atom. The molecule has 7 nitrogen and oxygen atoms in total. The molecule has 0 spiro atoms. The summed E-state index contributed by atoms with van der Waals surface area (Å²) in [6.45, 7) is 1.94. The molecule has 0 bridgehead atoms. The fourth-order valence-electron chi connectivity index (χ4n) is 5.65. The lowest BCUT2D eigenvalue weighted by Gasteiger charge is -2.36. The minimum absolute atomic E-state index is 0.0729. The highest BCUT2D eigenvalue weighted by Crippen LogP contribution is 2.41. The van der Waals surface area contributed by atoms with Gasteiger partial charge in [0.1, 0.15) is 0 Å². The maximum absolute atomic E-state index is 13.2. The molecule has 2 aliphatic rings. The number of halogens is 2. The molecule has 3 N–H and O–H groups in total. The quantitative estimate of drug-likeness (QED) is 0.158. The number of urea groups is 1. The molecule has 9 heteroatoms. The lowest BCUT2D eigenvalue weighted by atomic mass is 9.82. The molecule has 1 aromatic carbocycles. The van der Waals surface area contributed by atoms with Crippen molar-refractivity contribution in [3.05, 3.63) is 34.3 Å². The van der Waals surface area contributed by atoms with Gasteiger partial charge in [-0.25, -0.2) is 4.79 Å². The van der Waals surface area contributed by atoms with E-state index in [2.05, 4.69) is 38.5 Å². The van der Waals surface area contributed by atoms with Gasteiger partial charge in [0.15, 0.2) is 0 Å². The summed E-state index contributed by atoms with van der Waals surface area (Å²) in [4.78, 5) is 27.8. The van der Waals surface area contributed by atoms with Gasteiger partial charge in [0, 0.05) is 53.9 Å². The van der Waals surface area contributed by atoms with Gasteiger partial charge in [0.25, 0.3) is 5.91 Å². The lowest BCUT2D eigenvalue weighted by molar-refractivity contribution is 0.0914. The van der Waals surface area contributed by atoms with E-state index in [-0.39, 0.29) is 21.4 Å². The highest BCUT2D eigenvalue weighted by molar-refractivity contribution is 14.1. The average Bonchev–Trinajstić information content (AvgIpc) is 3.11. The number of rotatable bonds is 13. The van der Waals surface area contributed by atoms with Gasteiger partial charge in [-0.05, 0) is 75.8 Å². The van der Waals surface area contributed by atoms with Crippen LogP contribution in [0.1, 0.15) is 80.1 Å². The Balaban J connectivity index is 1.66. The number of fused-ring (bicyclic) bond motifs is 1. The first-order valence-electron chi connectivity index (χ1n) is 13.2. The highest BCUT2D eigenvalue weighted by Gasteiger charge is 2.42. The Labute approximate surface area is 234 Å². The number of unbranched alkanes of at least 4 members (excludes halogenated alkanes) is 1. The van der Waals surface area contributed by atoms with Crippen molar-refractivity contribution < 1.29 is 14.3 Å². The van der Waals surface area contributed by atoms with Crippen molar-refractivity contribution in [2.45, 2.75) is 79.2 Å². The monoisotopic (exact) mass is 632 g/mol. The van der Waals surface area contributed by atoms with Crippen LogP contribution >= 0.6 is 34.2 Å². The van der Waals surface area contributed by atoms with Gasteiger partial charge in [-0.1, -0.05) is 53.5 Å². The molecule has 1 saturated carbocycles. The average molecular weight is 633 g/mol. The summed E-state index contributed by atoms with van der Waals surface area (Å²) in [6.07, 6.45) is 10.5. The number of nitrogens with zero attached hydrogens (tertiary/aromatic N) is 1. The highest BCUT2D eigenvalue weighted by atomic mass is 127. The third-order valence-corrected chi connectivity index (χ3v) is 9.41. The number of hydrogen-bond donors (Lipinski definition) is 3. The largest absolute Gasteiger partial charge is 0.385 e. The van der Waals surface area contributed by atoms with Crippen molar-refractivity contribution >= 4 is 46.1 Å². The number of carbonyl (C=O) groups excluding carboxylic acids is 2.